The lowest BCUT2D eigenvalue weighted by atomic mass is 10.1. The van der Waals surface area contributed by atoms with Crippen LogP contribution in [-0.2, 0) is 11.2 Å². The second kappa shape index (κ2) is 7.48. The SMILES string of the molecule is Cc1ccc(OCC(=O)NCCc2ccccc2)c(C)c1. The molecule has 0 atom stereocenters. The van der Waals surface area contributed by atoms with Crippen molar-refractivity contribution >= 4 is 5.91 Å². The van der Waals surface area contributed by atoms with Crippen molar-refractivity contribution in [2.24, 2.45) is 0 Å². The van der Waals surface area contributed by atoms with Crippen molar-refractivity contribution in [3.05, 3.63) is 65.2 Å². The van der Waals surface area contributed by atoms with Gasteiger partial charge < -0.3 is 10.1 Å². The molecule has 2 aromatic rings. The number of carbonyl (C=O) groups excluding carboxylic acids is 1. The maximum absolute atomic E-state index is 11.7. The molecule has 3 heteroatoms. The van der Waals surface area contributed by atoms with Crippen LogP contribution in [0.3, 0.4) is 0 Å². The zero-order valence-corrected chi connectivity index (χ0v) is 12.6. The molecule has 1 amide bonds. The van der Waals surface area contributed by atoms with E-state index in [9.17, 15) is 4.79 Å². The maximum Gasteiger partial charge on any atom is 0.257 e. The van der Waals surface area contributed by atoms with Gasteiger partial charge in [0, 0.05) is 6.54 Å². The topological polar surface area (TPSA) is 38.3 Å². The highest BCUT2D eigenvalue weighted by Crippen LogP contribution is 2.18. The summed E-state index contributed by atoms with van der Waals surface area (Å²) < 4.78 is 5.54. The van der Waals surface area contributed by atoms with Crippen molar-refractivity contribution in [2.45, 2.75) is 20.3 Å². The largest absolute Gasteiger partial charge is 0.484 e. The lowest BCUT2D eigenvalue weighted by molar-refractivity contribution is -0.123. The molecule has 0 aliphatic heterocycles. The van der Waals surface area contributed by atoms with Crippen LogP contribution in [0.1, 0.15) is 16.7 Å². The Hall–Kier alpha value is -2.29. The van der Waals surface area contributed by atoms with Gasteiger partial charge in [0.2, 0.25) is 0 Å². The third kappa shape index (κ3) is 4.95. The molecule has 0 radical (unpaired) electrons. The van der Waals surface area contributed by atoms with Crippen molar-refractivity contribution < 1.29 is 9.53 Å². The van der Waals surface area contributed by atoms with Crippen LogP contribution >= 0.6 is 0 Å². The molecule has 0 spiro atoms. The average Bonchev–Trinajstić information content (AvgIpc) is 2.47. The molecule has 0 saturated carbocycles. The van der Waals surface area contributed by atoms with Crippen LogP contribution < -0.4 is 10.1 Å². The predicted octanol–water partition coefficient (Wildman–Crippen LogP) is 3.04. The first-order valence-corrected chi connectivity index (χ1v) is 7.16. The minimum atomic E-state index is -0.0918. The summed E-state index contributed by atoms with van der Waals surface area (Å²) in [5, 5.41) is 2.87. The Bertz CT molecular complexity index is 593. The fourth-order valence-electron chi connectivity index (χ4n) is 2.15. The van der Waals surface area contributed by atoms with Crippen LogP contribution in [0, 0.1) is 13.8 Å². The van der Waals surface area contributed by atoms with Gasteiger partial charge in [0.15, 0.2) is 6.61 Å². The standard InChI is InChI=1S/C18H21NO2/c1-14-8-9-17(15(2)12-14)21-13-18(20)19-11-10-16-6-4-3-5-7-16/h3-9,12H,10-11,13H2,1-2H3,(H,19,20). The van der Waals surface area contributed by atoms with Crippen molar-refractivity contribution in [3.63, 3.8) is 0 Å². The molecule has 0 aromatic heterocycles. The van der Waals surface area contributed by atoms with Gasteiger partial charge in [-0.1, -0.05) is 48.0 Å². The Morgan fingerprint density at radius 3 is 2.57 bits per heavy atom. The molecule has 1 N–H and O–H groups in total. The van der Waals surface area contributed by atoms with E-state index >= 15 is 0 Å². The lowest BCUT2D eigenvalue weighted by Gasteiger charge is -2.10. The number of ether oxygens (including phenoxy) is 1. The van der Waals surface area contributed by atoms with Crippen LogP contribution in [0.5, 0.6) is 5.75 Å². The monoisotopic (exact) mass is 283 g/mol. The van der Waals surface area contributed by atoms with Crippen molar-refractivity contribution in [3.8, 4) is 5.75 Å². The summed E-state index contributed by atoms with van der Waals surface area (Å²) in [5.74, 6) is 0.671. The smallest absolute Gasteiger partial charge is 0.257 e. The van der Waals surface area contributed by atoms with E-state index in [0.29, 0.717) is 6.54 Å². The highest BCUT2D eigenvalue weighted by Gasteiger charge is 2.04. The Balaban J connectivity index is 1.72. The quantitative estimate of drug-likeness (QED) is 0.885. The molecule has 0 aliphatic carbocycles. The van der Waals surface area contributed by atoms with E-state index in [4.69, 9.17) is 4.74 Å². The van der Waals surface area contributed by atoms with E-state index in [2.05, 4.69) is 17.4 Å². The van der Waals surface area contributed by atoms with Gasteiger partial charge >= 0.3 is 0 Å². The highest BCUT2D eigenvalue weighted by atomic mass is 16.5. The van der Waals surface area contributed by atoms with Gasteiger partial charge in [0.25, 0.3) is 5.91 Å². The van der Waals surface area contributed by atoms with Crippen LogP contribution in [0.25, 0.3) is 0 Å². The van der Waals surface area contributed by atoms with E-state index in [1.165, 1.54) is 11.1 Å². The first-order valence-electron chi connectivity index (χ1n) is 7.16. The second-order valence-corrected chi connectivity index (χ2v) is 5.14. The van der Waals surface area contributed by atoms with E-state index < -0.39 is 0 Å². The molecular formula is C18H21NO2. The van der Waals surface area contributed by atoms with Crippen LogP contribution in [0.2, 0.25) is 0 Å². The zero-order chi connectivity index (χ0) is 15.1. The van der Waals surface area contributed by atoms with Crippen LogP contribution in [0.4, 0.5) is 0 Å². The Morgan fingerprint density at radius 1 is 1.10 bits per heavy atom. The zero-order valence-electron chi connectivity index (χ0n) is 12.6. The van der Waals surface area contributed by atoms with Crippen molar-refractivity contribution in [1.82, 2.24) is 5.32 Å². The van der Waals surface area contributed by atoms with Gasteiger partial charge in [-0.2, -0.15) is 0 Å². The van der Waals surface area contributed by atoms with Gasteiger partial charge in [-0.3, -0.25) is 4.79 Å². The fourth-order valence-corrected chi connectivity index (χ4v) is 2.15. The second-order valence-electron chi connectivity index (χ2n) is 5.14. The maximum atomic E-state index is 11.7. The number of carbonyl (C=O) groups is 1. The van der Waals surface area contributed by atoms with E-state index in [1.54, 1.807) is 0 Å². The number of benzene rings is 2. The van der Waals surface area contributed by atoms with Crippen molar-refractivity contribution in [2.75, 3.05) is 13.2 Å². The van der Waals surface area contributed by atoms with E-state index in [1.807, 2.05) is 50.2 Å². The van der Waals surface area contributed by atoms with Gasteiger partial charge in [-0.25, -0.2) is 0 Å². The summed E-state index contributed by atoms with van der Waals surface area (Å²) >= 11 is 0. The minimum Gasteiger partial charge on any atom is -0.484 e. The summed E-state index contributed by atoms with van der Waals surface area (Å²) in [4.78, 5) is 11.7. The first kappa shape index (κ1) is 15.1. The summed E-state index contributed by atoms with van der Waals surface area (Å²) in [5.41, 5.74) is 3.45. The number of amides is 1. The molecule has 0 heterocycles. The predicted molar refractivity (Wildman–Crippen MR) is 84.6 cm³/mol. The van der Waals surface area contributed by atoms with Gasteiger partial charge in [0.05, 0.1) is 0 Å². The molecule has 0 fully saturated rings. The molecular weight excluding hydrogens is 262 g/mol. The molecule has 0 saturated heterocycles. The number of aryl methyl sites for hydroxylation is 2. The number of hydrogen-bond donors (Lipinski definition) is 1. The number of nitrogens with one attached hydrogen (secondary N) is 1. The van der Waals surface area contributed by atoms with Gasteiger partial charge in [-0.05, 0) is 37.5 Å². The molecule has 110 valence electrons. The normalized spacial score (nSPS) is 10.2. The summed E-state index contributed by atoms with van der Waals surface area (Å²) in [6.45, 7) is 4.69. The molecule has 3 nitrogen and oxygen atoms in total. The molecule has 21 heavy (non-hydrogen) atoms. The molecule has 2 aromatic carbocycles. The lowest BCUT2D eigenvalue weighted by Crippen LogP contribution is -2.30. The third-order valence-electron chi connectivity index (χ3n) is 3.27. The minimum absolute atomic E-state index is 0.0543. The fraction of sp³-hybridized carbons (Fsp3) is 0.278. The highest BCUT2D eigenvalue weighted by molar-refractivity contribution is 5.77. The Morgan fingerprint density at radius 2 is 1.86 bits per heavy atom. The van der Waals surface area contributed by atoms with E-state index in [0.717, 1.165) is 17.7 Å². The molecule has 0 unspecified atom stereocenters. The molecule has 2 rings (SSSR count). The van der Waals surface area contributed by atoms with Crippen LogP contribution in [-0.4, -0.2) is 19.1 Å². The molecule has 0 bridgehead atoms. The van der Waals surface area contributed by atoms with Crippen LogP contribution in [0.15, 0.2) is 48.5 Å². The van der Waals surface area contributed by atoms with E-state index in [-0.39, 0.29) is 12.5 Å². The van der Waals surface area contributed by atoms with Gasteiger partial charge in [-0.15, -0.1) is 0 Å². The Labute approximate surface area is 126 Å². The molecule has 0 aliphatic rings. The summed E-state index contributed by atoms with van der Waals surface area (Å²) in [7, 11) is 0. The Kier molecular flexibility index (Phi) is 5.38. The van der Waals surface area contributed by atoms with Crippen molar-refractivity contribution in [1.29, 1.82) is 0 Å². The van der Waals surface area contributed by atoms with Gasteiger partial charge in [0.1, 0.15) is 5.75 Å². The number of rotatable bonds is 6. The first-order chi connectivity index (χ1) is 10.1. The summed E-state index contributed by atoms with van der Waals surface area (Å²) in [6, 6.07) is 16.0. The summed E-state index contributed by atoms with van der Waals surface area (Å²) in [6.07, 6.45) is 0.830. The average molecular weight is 283 g/mol. The number of hydrogen-bond acceptors (Lipinski definition) is 2. The third-order valence-corrected chi connectivity index (χ3v) is 3.27.